The minimum Gasteiger partial charge on any atom is -0.489 e. The molecular weight excluding hydrogens is 470 g/mol. The number of ether oxygens (including phenoxy) is 2. The van der Waals surface area contributed by atoms with Gasteiger partial charge in [-0.25, -0.2) is 0 Å². The van der Waals surface area contributed by atoms with Gasteiger partial charge in [0.05, 0.1) is 13.2 Å². The average Bonchev–Trinajstić information content (AvgIpc) is 3.27. The van der Waals surface area contributed by atoms with Gasteiger partial charge in [0.2, 0.25) is 5.91 Å². The Morgan fingerprint density at radius 3 is 2.34 bits per heavy atom. The van der Waals surface area contributed by atoms with Gasteiger partial charge in [-0.15, -0.1) is 0 Å². The van der Waals surface area contributed by atoms with E-state index in [4.69, 9.17) is 9.47 Å². The number of amides is 1. The highest BCUT2D eigenvalue weighted by atomic mass is 16.5. The molecule has 4 heteroatoms. The van der Waals surface area contributed by atoms with Crippen molar-refractivity contribution >= 4 is 5.91 Å². The third-order valence-electron chi connectivity index (χ3n) is 11.5. The number of fused-ring (bicyclic) bond motifs is 5. The van der Waals surface area contributed by atoms with Gasteiger partial charge in [-0.1, -0.05) is 56.3 Å². The quantitative estimate of drug-likeness (QED) is 0.389. The van der Waals surface area contributed by atoms with Crippen molar-refractivity contribution in [2.75, 3.05) is 13.7 Å². The maximum atomic E-state index is 12.4. The minimum absolute atomic E-state index is 0.304. The summed E-state index contributed by atoms with van der Waals surface area (Å²) in [6, 6.07) is 19.1. The third-order valence-corrected chi connectivity index (χ3v) is 11.5. The van der Waals surface area contributed by atoms with E-state index in [1.165, 1.54) is 49.7 Å². The Morgan fingerprint density at radius 1 is 0.816 bits per heavy atom. The highest BCUT2D eigenvalue weighted by molar-refractivity contribution is 5.77. The first-order valence-electron chi connectivity index (χ1n) is 15.0. The molecular formula is C34H45NO3. The smallest absolute Gasteiger partial charge is 0.222 e. The summed E-state index contributed by atoms with van der Waals surface area (Å²) in [7, 11) is 2.06. The number of piperidine rings is 1. The van der Waals surface area contributed by atoms with E-state index in [2.05, 4.69) is 62.2 Å². The standard InChI is InChI=1S/C34H45NO3/c1-33-19-17-30-28(14-16-31-34(30,2)20-18-32(36)35(31)3)29(33)15-11-26(33)23-37-21-25-9-12-27(13-10-25)38-22-24-7-5-4-6-8-24/h4-10,12-13,26,28-31H,11,14-23H2,1-3H3/t26?,28-,29-,30-,31+,33+,34+/m0/s1. The highest BCUT2D eigenvalue weighted by Gasteiger charge is 2.61. The van der Waals surface area contributed by atoms with Gasteiger partial charge in [0, 0.05) is 19.5 Å². The largest absolute Gasteiger partial charge is 0.489 e. The summed E-state index contributed by atoms with van der Waals surface area (Å²) in [5.74, 6) is 4.33. The monoisotopic (exact) mass is 515 g/mol. The van der Waals surface area contributed by atoms with Crippen molar-refractivity contribution in [2.45, 2.75) is 84.5 Å². The molecule has 0 bridgehead atoms. The zero-order valence-electron chi connectivity index (χ0n) is 23.5. The van der Waals surface area contributed by atoms with Crippen molar-refractivity contribution < 1.29 is 14.3 Å². The summed E-state index contributed by atoms with van der Waals surface area (Å²) in [6.45, 7) is 7.23. The fourth-order valence-electron chi connectivity index (χ4n) is 9.27. The second-order valence-corrected chi connectivity index (χ2v) is 13.2. The number of likely N-dealkylation sites (tertiary alicyclic amines) is 1. The number of benzene rings is 2. The molecule has 4 aliphatic rings. The van der Waals surface area contributed by atoms with E-state index >= 15 is 0 Å². The Balaban J connectivity index is 1.03. The lowest BCUT2D eigenvalue weighted by Crippen LogP contribution is -2.61. The van der Waals surface area contributed by atoms with Crippen LogP contribution in [0, 0.1) is 34.5 Å². The molecule has 1 amide bonds. The lowest BCUT2D eigenvalue weighted by Gasteiger charge is -2.61. The van der Waals surface area contributed by atoms with Gasteiger partial charge in [-0.2, -0.15) is 0 Å². The van der Waals surface area contributed by atoms with Gasteiger partial charge in [-0.3, -0.25) is 4.79 Å². The summed E-state index contributed by atoms with van der Waals surface area (Å²) in [5, 5.41) is 0. The second kappa shape index (κ2) is 10.3. The molecule has 38 heavy (non-hydrogen) atoms. The molecule has 0 aromatic heterocycles. The van der Waals surface area contributed by atoms with Crippen LogP contribution in [-0.2, 0) is 22.7 Å². The molecule has 1 heterocycles. The first kappa shape index (κ1) is 25.9. The van der Waals surface area contributed by atoms with Crippen LogP contribution in [0.25, 0.3) is 0 Å². The number of hydrogen-bond donors (Lipinski definition) is 0. The third kappa shape index (κ3) is 4.57. The van der Waals surface area contributed by atoms with E-state index < -0.39 is 0 Å². The lowest BCUT2D eigenvalue weighted by atomic mass is 9.47. The first-order valence-corrected chi connectivity index (χ1v) is 15.0. The molecule has 1 aliphatic heterocycles. The minimum atomic E-state index is 0.304. The molecule has 1 unspecified atom stereocenters. The zero-order valence-corrected chi connectivity index (χ0v) is 23.5. The topological polar surface area (TPSA) is 38.8 Å². The predicted molar refractivity (Wildman–Crippen MR) is 151 cm³/mol. The predicted octanol–water partition coefficient (Wildman–Crippen LogP) is 7.26. The SMILES string of the molecule is CN1C(=O)CC[C@]2(C)[C@H]3CC[C@]4(C)C(COCc5ccc(OCc6ccccc6)cc5)CC[C@H]4[C@@H]3CC[C@@H]12. The molecule has 4 nitrogen and oxygen atoms in total. The summed E-state index contributed by atoms with van der Waals surface area (Å²) in [4.78, 5) is 14.5. The van der Waals surface area contributed by atoms with Gasteiger partial charge in [0.15, 0.2) is 0 Å². The Hall–Kier alpha value is -2.33. The molecule has 6 rings (SSSR count). The Kier molecular flexibility index (Phi) is 7.05. The van der Waals surface area contributed by atoms with Gasteiger partial charge in [0.25, 0.3) is 0 Å². The van der Waals surface area contributed by atoms with Gasteiger partial charge < -0.3 is 14.4 Å². The van der Waals surface area contributed by atoms with E-state index in [9.17, 15) is 4.79 Å². The van der Waals surface area contributed by atoms with Crippen molar-refractivity contribution in [3.05, 3.63) is 65.7 Å². The number of carbonyl (C=O) groups is 1. The Labute approximate surface area is 229 Å². The fraction of sp³-hybridized carbons (Fsp3) is 0.618. The van der Waals surface area contributed by atoms with Crippen molar-refractivity contribution in [3.8, 4) is 5.75 Å². The molecule has 7 atom stereocenters. The number of rotatable bonds is 7. The van der Waals surface area contributed by atoms with Crippen molar-refractivity contribution in [1.82, 2.24) is 4.90 Å². The van der Waals surface area contributed by atoms with Crippen LogP contribution < -0.4 is 4.74 Å². The number of hydrogen-bond acceptors (Lipinski definition) is 3. The highest BCUT2D eigenvalue weighted by Crippen LogP contribution is 2.66. The number of nitrogens with zero attached hydrogens (tertiary/aromatic N) is 1. The van der Waals surface area contributed by atoms with Gasteiger partial charge >= 0.3 is 0 Å². The van der Waals surface area contributed by atoms with Crippen LogP contribution in [0.1, 0.15) is 76.3 Å². The molecule has 3 saturated carbocycles. The molecule has 4 fully saturated rings. The van der Waals surface area contributed by atoms with Crippen LogP contribution in [0.5, 0.6) is 5.75 Å². The van der Waals surface area contributed by atoms with Crippen molar-refractivity contribution in [2.24, 2.45) is 34.5 Å². The molecule has 0 spiro atoms. The molecule has 0 radical (unpaired) electrons. The summed E-state index contributed by atoms with van der Waals surface area (Å²) in [5.41, 5.74) is 3.09. The van der Waals surface area contributed by atoms with E-state index in [1.807, 2.05) is 18.2 Å². The van der Waals surface area contributed by atoms with Crippen LogP contribution in [-0.4, -0.2) is 30.5 Å². The molecule has 1 saturated heterocycles. The number of carbonyl (C=O) groups excluding carboxylic acids is 1. The van der Waals surface area contributed by atoms with Crippen LogP contribution in [0.4, 0.5) is 0 Å². The van der Waals surface area contributed by atoms with Gasteiger partial charge in [-0.05, 0) is 103 Å². The first-order chi connectivity index (χ1) is 18.4. The zero-order chi connectivity index (χ0) is 26.3. The van der Waals surface area contributed by atoms with Crippen LogP contribution in [0.3, 0.4) is 0 Å². The summed E-state index contributed by atoms with van der Waals surface area (Å²) < 4.78 is 12.3. The lowest BCUT2D eigenvalue weighted by molar-refractivity contribution is -0.159. The summed E-state index contributed by atoms with van der Waals surface area (Å²) >= 11 is 0. The average molecular weight is 516 g/mol. The maximum Gasteiger partial charge on any atom is 0.222 e. The van der Waals surface area contributed by atoms with Crippen molar-refractivity contribution in [1.29, 1.82) is 0 Å². The Bertz CT molecular complexity index is 1120. The van der Waals surface area contributed by atoms with E-state index in [0.29, 0.717) is 41.9 Å². The van der Waals surface area contributed by atoms with Crippen LogP contribution in [0.15, 0.2) is 54.6 Å². The van der Waals surface area contributed by atoms with E-state index in [-0.39, 0.29) is 0 Å². The molecule has 2 aromatic rings. The van der Waals surface area contributed by atoms with Crippen LogP contribution >= 0.6 is 0 Å². The van der Waals surface area contributed by atoms with E-state index in [1.54, 1.807) is 0 Å². The normalized spacial score (nSPS) is 36.3. The molecule has 204 valence electrons. The molecule has 0 N–H and O–H groups in total. The van der Waals surface area contributed by atoms with Crippen LogP contribution in [0.2, 0.25) is 0 Å². The van der Waals surface area contributed by atoms with Crippen molar-refractivity contribution in [3.63, 3.8) is 0 Å². The van der Waals surface area contributed by atoms with E-state index in [0.717, 1.165) is 43.0 Å². The molecule has 3 aliphatic carbocycles. The van der Waals surface area contributed by atoms with Gasteiger partial charge in [0.1, 0.15) is 12.4 Å². The Morgan fingerprint density at radius 2 is 1.55 bits per heavy atom. The maximum absolute atomic E-state index is 12.4. The fourth-order valence-corrected chi connectivity index (χ4v) is 9.27. The molecule has 2 aromatic carbocycles. The second-order valence-electron chi connectivity index (χ2n) is 13.2. The summed E-state index contributed by atoms with van der Waals surface area (Å²) in [6.07, 6.45) is 9.63.